The first kappa shape index (κ1) is 17.3. The normalized spacial score (nSPS) is 16.8. The molecule has 0 spiro atoms. The van der Waals surface area contributed by atoms with Crippen LogP contribution in [0.5, 0.6) is 0 Å². The summed E-state index contributed by atoms with van der Waals surface area (Å²) in [6.45, 7) is 4.36. The molecule has 6 heteroatoms. The molecule has 130 valence electrons. The molecule has 1 aliphatic heterocycles. The number of halogens is 1. The van der Waals surface area contributed by atoms with Gasteiger partial charge in [-0.15, -0.1) is 0 Å². The average molecular weight is 358 g/mol. The van der Waals surface area contributed by atoms with Crippen LogP contribution in [0.4, 0.5) is 16.2 Å². The fraction of sp³-hybridized carbons (Fsp3) is 0.263. The molecule has 1 aliphatic rings. The van der Waals surface area contributed by atoms with Crippen molar-refractivity contribution in [3.05, 3.63) is 58.6 Å². The molecule has 1 heterocycles. The Balaban J connectivity index is 1.60. The fourth-order valence-corrected chi connectivity index (χ4v) is 2.98. The van der Waals surface area contributed by atoms with Crippen LogP contribution in [-0.2, 0) is 4.79 Å². The Bertz CT molecular complexity index is 805. The van der Waals surface area contributed by atoms with Crippen LogP contribution in [0.15, 0.2) is 42.5 Å². The van der Waals surface area contributed by atoms with Crippen molar-refractivity contribution in [2.75, 3.05) is 16.8 Å². The largest absolute Gasteiger partial charge is 0.333 e. The maximum absolute atomic E-state index is 12.2. The summed E-state index contributed by atoms with van der Waals surface area (Å²) in [5.41, 5.74) is 3.56. The van der Waals surface area contributed by atoms with Gasteiger partial charge >= 0.3 is 6.03 Å². The van der Waals surface area contributed by atoms with Crippen LogP contribution in [0.2, 0.25) is 5.02 Å². The number of urea groups is 1. The highest BCUT2D eigenvalue weighted by Crippen LogP contribution is 2.23. The molecule has 0 aliphatic carbocycles. The molecule has 5 nitrogen and oxygen atoms in total. The highest BCUT2D eigenvalue weighted by atomic mass is 35.5. The summed E-state index contributed by atoms with van der Waals surface area (Å²) in [5.74, 6) is 0.00698. The molecule has 0 radical (unpaired) electrons. The molecular weight excluding hydrogens is 338 g/mol. The number of hydrogen-bond donors (Lipinski definition) is 2. The first-order valence-electron chi connectivity index (χ1n) is 8.13. The summed E-state index contributed by atoms with van der Waals surface area (Å²) in [6.07, 6.45) is 0.288. The van der Waals surface area contributed by atoms with E-state index in [1.807, 2.05) is 44.2 Å². The van der Waals surface area contributed by atoms with Crippen molar-refractivity contribution in [2.45, 2.75) is 26.3 Å². The first-order chi connectivity index (χ1) is 11.9. The minimum absolute atomic E-state index is 0.00698. The van der Waals surface area contributed by atoms with E-state index >= 15 is 0 Å². The SMILES string of the molecule is Cc1ccc(N2C[C@H](NC(=O)Nc3ccc(C)c(Cl)c3)CC2=O)cc1. The predicted octanol–water partition coefficient (Wildman–Crippen LogP) is 3.88. The van der Waals surface area contributed by atoms with Crippen LogP contribution in [0.3, 0.4) is 0 Å². The van der Waals surface area contributed by atoms with Gasteiger partial charge in [0.25, 0.3) is 0 Å². The van der Waals surface area contributed by atoms with Crippen LogP contribution in [0.25, 0.3) is 0 Å². The van der Waals surface area contributed by atoms with E-state index in [1.165, 1.54) is 0 Å². The number of nitrogens with one attached hydrogen (secondary N) is 2. The lowest BCUT2D eigenvalue weighted by molar-refractivity contribution is -0.117. The molecule has 2 N–H and O–H groups in total. The minimum Gasteiger partial charge on any atom is -0.333 e. The van der Waals surface area contributed by atoms with Gasteiger partial charge in [-0.05, 0) is 43.7 Å². The number of aryl methyl sites for hydroxylation is 2. The molecule has 1 saturated heterocycles. The van der Waals surface area contributed by atoms with Gasteiger partial charge in [-0.2, -0.15) is 0 Å². The predicted molar refractivity (Wildman–Crippen MR) is 100 cm³/mol. The maximum atomic E-state index is 12.2. The van der Waals surface area contributed by atoms with Gasteiger partial charge in [-0.25, -0.2) is 4.79 Å². The molecule has 0 aromatic heterocycles. The van der Waals surface area contributed by atoms with Crippen LogP contribution < -0.4 is 15.5 Å². The molecule has 1 fully saturated rings. The molecule has 3 amide bonds. The Morgan fingerprint density at radius 3 is 2.56 bits per heavy atom. The van der Waals surface area contributed by atoms with E-state index in [9.17, 15) is 9.59 Å². The third kappa shape index (κ3) is 4.12. The number of nitrogens with zero attached hydrogens (tertiary/aromatic N) is 1. The first-order valence-corrected chi connectivity index (χ1v) is 8.51. The van der Waals surface area contributed by atoms with Gasteiger partial charge in [0.1, 0.15) is 0 Å². The summed E-state index contributed by atoms with van der Waals surface area (Å²) in [5, 5.41) is 6.19. The molecule has 0 saturated carbocycles. The second-order valence-corrected chi connectivity index (χ2v) is 6.71. The second kappa shape index (κ2) is 7.15. The fourth-order valence-electron chi connectivity index (χ4n) is 2.80. The van der Waals surface area contributed by atoms with Crippen molar-refractivity contribution < 1.29 is 9.59 Å². The van der Waals surface area contributed by atoms with Gasteiger partial charge in [0.05, 0.1) is 6.04 Å². The van der Waals surface area contributed by atoms with Gasteiger partial charge in [-0.3, -0.25) is 4.79 Å². The zero-order valence-corrected chi connectivity index (χ0v) is 14.9. The van der Waals surface area contributed by atoms with E-state index in [2.05, 4.69) is 10.6 Å². The van der Waals surface area contributed by atoms with Crippen LogP contribution in [-0.4, -0.2) is 24.5 Å². The van der Waals surface area contributed by atoms with Gasteiger partial charge in [0.2, 0.25) is 5.91 Å². The third-order valence-electron chi connectivity index (χ3n) is 4.24. The van der Waals surface area contributed by atoms with Crippen LogP contribution in [0, 0.1) is 13.8 Å². The summed E-state index contributed by atoms with van der Waals surface area (Å²) >= 11 is 6.06. The number of rotatable bonds is 3. The Morgan fingerprint density at radius 1 is 1.16 bits per heavy atom. The number of hydrogen-bond acceptors (Lipinski definition) is 2. The molecule has 1 atom stereocenters. The zero-order valence-electron chi connectivity index (χ0n) is 14.2. The maximum Gasteiger partial charge on any atom is 0.319 e. The van der Waals surface area contributed by atoms with E-state index in [-0.39, 0.29) is 24.4 Å². The summed E-state index contributed by atoms with van der Waals surface area (Å²) in [4.78, 5) is 26.1. The van der Waals surface area contributed by atoms with Crippen molar-refractivity contribution >= 4 is 34.9 Å². The van der Waals surface area contributed by atoms with Crippen molar-refractivity contribution in [3.8, 4) is 0 Å². The Morgan fingerprint density at radius 2 is 1.88 bits per heavy atom. The summed E-state index contributed by atoms with van der Waals surface area (Å²) in [6, 6.07) is 12.5. The van der Waals surface area contributed by atoms with Gasteiger partial charge in [0, 0.05) is 29.4 Å². The van der Waals surface area contributed by atoms with E-state index in [0.717, 1.165) is 16.8 Å². The minimum atomic E-state index is -0.344. The molecule has 2 aromatic rings. The number of benzene rings is 2. The molecule has 3 rings (SSSR count). The van der Waals surface area contributed by atoms with Gasteiger partial charge in [0.15, 0.2) is 0 Å². The molecular formula is C19H20ClN3O2. The lowest BCUT2D eigenvalue weighted by Crippen LogP contribution is -2.39. The third-order valence-corrected chi connectivity index (χ3v) is 4.64. The van der Waals surface area contributed by atoms with E-state index in [0.29, 0.717) is 17.3 Å². The van der Waals surface area contributed by atoms with Crippen molar-refractivity contribution in [1.82, 2.24) is 5.32 Å². The number of carbonyl (C=O) groups is 2. The van der Waals surface area contributed by atoms with Crippen molar-refractivity contribution in [1.29, 1.82) is 0 Å². The molecule has 0 unspecified atom stereocenters. The Kier molecular flexibility index (Phi) is 4.95. The Labute approximate surface area is 152 Å². The van der Waals surface area contributed by atoms with Crippen molar-refractivity contribution in [2.24, 2.45) is 0 Å². The van der Waals surface area contributed by atoms with Crippen LogP contribution >= 0.6 is 11.6 Å². The molecule has 2 aromatic carbocycles. The standard InChI is InChI=1S/C19H20ClN3O2/c1-12-3-7-16(8-4-12)23-11-15(10-18(23)24)22-19(25)21-14-6-5-13(2)17(20)9-14/h3-9,15H,10-11H2,1-2H3,(H2,21,22,25)/t15-/m1/s1. The Hall–Kier alpha value is -2.53. The topological polar surface area (TPSA) is 61.4 Å². The molecule has 0 bridgehead atoms. The quantitative estimate of drug-likeness (QED) is 0.875. The number of anilines is 2. The lowest BCUT2D eigenvalue weighted by Gasteiger charge is -2.17. The van der Waals surface area contributed by atoms with E-state index in [1.54, 1.807) is 17.0 Å². The number of carbonyl (C=O) groups excluding carboxylic acids is 2. The van der Waals surface area contributed by atoms with E-state index < -0.39 is 0 Å². The smallest absolute Gasteiger partial charge is 0.319 e. The molecule has 25 heavy (non-hydrogen) atoms. The summed E-state index contributed by atoms with van der Waals surface area (Å²) < 4.78 is 0. The second-order valence-electron chi connectivity index (χ2n) is 6.30. The van der Waals surface area contributed by atoms with Gasteiger partial charge < -0.3 is 15.5 Å². The summed E-state index contributed by atoms with van der Waals surface area (Å²) in [7, 11) is 0. The zero-order chi connectivity index (χ0) is 18.0. The van der Waals surface area contributed by atoms with Gasteiger partial charge in [-0.1, -0.05) is 35.4 Å². The van der Waals surface area contributed by atoms with Crippen LogP contribution in [0.1, 0.15) is 17.5 Å². The highest BCUT2D eigenvalue weighted by Gasteiger charge is 2.31. The monoisotopic (exact) mass is 357 g/mol. The van der Waals surface area contributed by atoms with E-state index in [4.69, 9.17) is 11.6 Å². The highest BCUT2D eigenvalue weighted by molar-refractivity contribution is 6.31. The van der Waals surface area contributed by atoms with Crippen molar-refractivity contribution in [3.63, 3.8) is 0 Å². The number of amides is 3. The lowest BCUT2D eigenvalue weighted by atomic mass is 10.2. The average Bonchev–Trinajstić information content (AvgIpc) is 2.92.